The predicted octanol–water partition coefficient (Wildman–Crippen LogP) is 3.07. The zero-order valence-corrected chi connectivity index (χ0v) is 17.2. The van der Waals surface area contributed by atoms with Gasteiger partial charge < -0.3 is 14.6 Å². The van der Waals surface area contributed by atoms with Crippen LogP contribution in [0.25, 0.3) is 0 Å². The van der Waals surface area contributed by atoms with Gasteiger partial charge in [0, 0.05) is 12.3 Å². The number of rotatable bonds is 3. The summed E-state index contributed by atoms with van der Waals surface area (Å²) in [5.41, 5.74) is -3.54. The van der Waals surface area contributed by atoms with E-state index >= 15 is 0 Å². The molecule has 1 heterocycles. The lowest BCUT2D eigenvalue weighted by atomic mass is 10.2. The average molecular weight is 426 g/mol. The molecule has 0 bridgehead atoms. The van der Waals surface area contributed by atoms with Crippen molar-refractivity contribution >= 4 is 35.7 Å². The summed E-state index contributed by atoms with van der Waals surface area (Å²) < 4.78 is 10.2. The number of imide groups is 2. The van der Waals surface area contributed by atoms with E-state index in [4.69, 9.17) is 14.6 Å². The van der Waals surface area contributed by atoms with Gasteiger partial charge in [-0.05, 0) is 41.5 Å². The molecule has 2 N–H and O–H groups in total. The van der Waals surface area contributed by atoms with Crippen molar-refractivity contribution in [1.29, 1.82) is 0 Å². The first-order valence-electron chi connectivity index (χ1n) is 8.46. The maximum Gasteiger partial charge on any atom is 0.426 e. The number of pyridine rings is 1. The third-order valence-corrected chi connectivity index (χ3v) is 2.89. The minimum Gasteiger partial charge on any atom is -0.465 e. The Labute approximate surface area is 171 Å². The van der Waals surface area contributed by atoms with E-state index in [9.17, 15) is 29.3 Å². The number of carboxylic acid groups (broad SMARTS) is 1. The number of hydrogen-bond donors (Lipinski definition) is 2. The van der Waals surface area contributed by atoms with Crippen LogP contribution in [-0.4, -0.2) is 50.4 Å². The fourth-order valence-electron chi connectivity index (χ4n) is 1.91. The molecule has 0 aromatic carbocycles. The minimum absolute atomic E-state index is 0.230. The van der Waals surface area contributed by atoms with Crippen LogP contribution < -0.4 is 10.2 Å². The normalized spacial score (nSPS) is 11.3. The molecular formula is C17H22N4O9. The smallest absolute Gasteiger partial charge is 0.426 e. The molecule has 0 spiro atoms. The van der Waals surface area contributed by atoms with Gasteiger partial charge in [-0.3, -0.25) is 20.2 Å². The van der Waals surface area contributed by atoms with Gasteiger partial charge in [-0.15, -0.1) is 0 Å². The SMILES string of the molecule is CC(C)(C)OC(=O)N(C(=O)OC(C)(C)C)c1ncc(C(=O)NC(=O)O)cc1[N+](=O)[O-]. The lowest BCUT2D eigenvalue weighted by molar-refractivity contribution is -0.384. The number of ether oxygens (including phenoxy) is 2. The Kier molecular flexibility index (Phi) is 7.05. The van der Waals surface area contributed by atoms with Gasteiger partial charge in [0.2, 0.25) is 5.82 Å². The molecule has 0 saturated heterocycles. The van der Waals surface area contributed by atoms with Gasteiger partial charge in [-0.25, -0.2) is 19.4 Å². The van der Waals surface area contributed by atoms with Gasteiger partial charge in [-0.1, -0.05) is 0 Å². The zero-order valence-electron chi connectivity index (χ0n) is 17.2. The fraction of sp³-hybridized carbons (Fsp3) is 0.471. The molecule has 0 radical (unpaired) electrons. The molecule has 13 nitrogen and oxygen atoms in total. The standard InChI is InChI=1S/C17H22N4O9/c1-16(2,3)29-14(25)20(15(26)30-17(4,5)6)11-10(21(27)28)7-9(8-18-11)12(22)19-13(23)24/h7-8H,1-6H3,(H,19,22)(H,23,24). The minimum atomic E-state index is -1.68. The van der Waals surface area contributed by atoms with Crippen molar-refractivity contribution < 1.29 is 38.7 Å². The number of carbonyl (C=O) groups is 4. The van der Waals surface area contributed by atoms with E-state index in [0.717, 1.165) is 6.20 Å². The molecule has 164 valence electrons. The molecule has 1 aromatic rings. The summed E-state index contributed by atoms with van der Waals surface area (Å²) in [6.07, 6.45) is -3.51. The van der Waals surface area contributed by atoms with Crippen LogP contribution in [-0.2, 0) is 9.47 Å². The molecule has 0 atom stereocenters. The van der Waals surface area contributed by atoms with Gasteiger partial charge in [0.1, 0.15) is 11.2 Å². The summed E-state index contributed by atoms with van der Waals surface area (Å²) in [6.45, 7) is 9.08. The Bertz CT molecular complexity index is 856. The van der Waals surface area contributed by atoms with Crippen LogP contribution >= 0.6 is 0 Å². The molecule has 0 aliphatic rings. The van der Waals surface area contributed by atoms with Gasteiger partial charge in [0.25, 0.3) is 5.91 Å². The summed E-state index contributed by atoms with van der Waals surface area (Å²) >= 11 is 0. The Morgan fingerprint density at radius 1 is 1.07 bits per heavy atom. The number of aromatic nitrogens is 1. The Morgan fingerprint density at radius 2 is 1.53 bits per heavy atom. The molecule has 4 amide bonds. The molecule has 0 unspecified atom stereocenters. The lowest BCUT2D eigenvalue weighted by Gasteiger charge is -2.27. The third-order valence-electron chi connectivity index (χ3n) is 2.89. The number of amides is 4. The molecule has 0 fully saturated rings. The van der Waals surface area contributed by atoms with Crippen LogP contribution in [0.2, 0.25) is 0 Å². The summed E-state index contributed by atoms with van der Waals surface area (Å²) in [4.78, 5) is 62.0. The van der Waals surface area contributed by atoms with Crippen molar-refractivity contribution in [2.24, 2.45) is 0 Å². The molecule has 0 aliphatic carbocycles. The van der Waals surface area contributed by atoms with Gasteiger partial charge in [0.05, 0.1) is 10.5 Å². The predicted molar refractivity (Wildman–Crippen MR) is 101 cm³/mol. The fourth-order valence-corrected chi connectivity index (χ4v) is 1.91. The molecule has 30 heavy (non-hydrogen) atoms. The second kappa shape index (κ2) is 8.71. The molecule has 1 aromatic heterocycles. The van der Waals surface area contributed by atoms with Gasteiger partial charge in [-0.2, -0.15) is 4.90 Å². The van der Waals surface area contributed by atoms with Gasteiger partial charge >= 0.3 is 24.0 Å². The van der Waals surface area contributed by atoms with Crippen LogP contribution in [0.1, 0.15) is 51.9 Å². The summed E-state index contributed by atoms with van der Waals surface area (Å²) in [6, 6.07) is 0.669. The van der Waals surface area contributed by atoms with E-state index in [2.05, 4.69) is 4.98 Å². The maximum absolute atomic E-state index is 12.6. The molecule has 0 saturated carbocycles. The number of anilines is 1. The number of nitrogens with zero attached hydrogens (tertiary/aromatic N) is 3. The van der Waals surface area contributed by atoms with E-state index < -0.39 is 57.4 Å². The van der Waals surface area contributed by atoms with Crippen molar-refractivity contribution in [3.8, 4) is 0 Å². The van der Waals surface area contributed by atoms with Crippen LogP contribution in [0.15, 0.2) is 12.3 Å². The van der Waals surface area contributed by atoms with Crippen molar-refractivity contribution in [1.82, 2.24) is 10.3 Å². The van der Waals surface area contributed by atoms with Gasteiger partial charge in [0.15, 0.2) is 0 Å². The van der Waals surface area contributed by atoms with Crippen molar-refractivity contribution in [2.45, 2.75) is 52.7 Å². The Balaban J connectivity index is 3.55. The molecule has 13 heteroatoms. The quantitative estimate of drug-likeness (QED) is 0.539. The Hall–Kier alpha value is -3.77. The third kappa shape index (κ3) is 7.00. The monoisotopic (exact) mass is 426 g/mol. The average Bonchev–Trinajstić information content (AvgIpc) is 2.50. The topological polar surface area (TPSA) is 178 Å². The van der Waals surface area contributed by atoms with Crippen LogP contribution in [0.3, 0.4) is 0 Å². The van der Waals surface area contributed by atoms with E-state index in [0.29, 0.717) is 6.07 Å². The van der Waals surface area contributed by atoms with Crippen LogP contribution in [0.5, 0.6) is 0 Å². The van der Waals surface area contributed by atoms with E-state index in [1.54, 1.807) is 0 Å². The highest BCUT2D eigenvalue weighted by Gasteiger charge is 2.38. The second-order valence-corrected chi connectivity index (χ2v) is 7.88. The zero-order chi connectivity index (χ0) is 23.4. The van der Waals surface area contributed by atoms with Crippen LogP contribution in [0.4, 0.5) is 25.9 Å². The second-order valence-electron chi connectivity index (χ2n) is 7.88. The van der Waals surface area contributed by atoms with E-state index in [1.807, 2.05) is 0 Å². The first-order valence-corrected chi connectivity index (χ1v) is 8.46. The number of carbonyl (C=O) groups excluding carboxylic acids is 3. The largest absolute Gasteiger partial charge is 0.465 e. The number of nitrogens with one attached hydrogen (secondary N) is 1. The summed E-state index contributed by atoms with van der Waals surface area (Å²) in [5.74, 6) is -1.96. The highest BCUT2D eigenvalue weighted by molar-refractivity contribution is 6.11. The molecule has 0 aliphatic heterocycles. The van der Waals surface area contributed by atoms with Crippen molar-refractivity contribution in [3.05, 3.63) is 27.9 Å². The van der Waals surface area contributed by atoms with Crippen molar-refractivity contribution in [2.75, 3.05) is 4.90 Å². The van der Waals surface area contributed by atoms with Crippen LogP contribution in [0, 0.1) is 10.1 Å². The van der Waals surface area contributed by atoms with Crippen molar-refractivity contribution in [3.63, 3.8) is 0 Å². The molecule has 1 rings (SSSR count). The highest BCUT2D eigenvalue weighted by Crippen LogP contribution is 2.29. The molecular weight excluding hydrogens is 404 g/mol. The summed E-state index contributed by atoms with van der Waals surface area (Å²) in [7, 11) is 0. The number of hydrogen-bond acceptors (Lipinski definition) is 9. The summed E-state index contributed by atoms with van der Waals surface area (Å²) in [5, 5.41) is 21.6. The first kappa shape index (κ1) is 24.3. The highest BCUT2D eigenvalue weighted by atomic mass is 16.6. The lowest BCUT2D eigenvalue weighted by Crippen LogP contribution is -2.44. The first-order chi connectivity index (χ1) is 13.5. The van der Waals surface area contributed by atoms with E-state index in [1.165, 1.54) is 46.9 Å². The number of nitro groups is 1. The maximum atomic E-state index is 12.6. The van der Waals surface area contributed by atoms with E-state index in [-0.39, 0.29) is 4.90 Å². The Morgan fingerprint density at radius 3 is 1.90 bits per heavy atom.